The van der Waals surface area contributed by atoms with Gasteiger partial charge in [-0.1, -0.05) is 46.6 Å². The van der Waals surface area contributed by atoms with Crippen LogP contribution in [0.2, 0.25) is 5.02 Å². The molecule has 6 nitrogen and oxygen atoms in total. The van der Waals surface area contributed by atoms with E-state index in [0.29, 0.717) is 23.3 Å². The summed E-state index contributed by atoms with van der Waals surface area (Å²) in [7, 11) is 0. The van der Waals surface area contributed by atoms with Crippen LogP contribution in [0, 0.1) is 6.92 Å². The molecule has 2 heterocycles. The number of carbonyl (C=O) groups is 1. The molecule has 1 aliphatic rings. The standard InChI is InChI=1S/C20H19ClN4O2/c1-13-7-9-16(10-8-13)22-20(26)25-11-3-6-17(25)19-23-18(24-27-19)14-4-2-5-15(21)12-14/h2,4-5,7-10,12,17H,3,6,11H2,1H3,(H,22,26)/t17-/m0/s1. The lowest BCUT2D eigenvalue weighted by molar-refractivity contribution is 0.193. The van der Waals surface area contributed by atoms with Crippen molar-refractivity contribution in [1.29, 1.82) is 0 Å². The van der Waals surface area contributed by atoms with Crippen LogP contribution in [-0.2, 0) is 0 Å². The Morgan fingerprint density at radius 2 is 2.07 bits per heavy atom. The number of halogens is 1. The van der Waals surface area contributed by atoms with Crippen molar-refractivity contribution in [2.24, 2.45) is 0 Å². The van der Waals surface area contributed by atoms with E-state index < -0.39 is 0 Å². The summed E-state index contributed by atoms with van der Waals surface area (Å²) in [5.41, 5.74) is 2.69. The number of anilines is 1. The van der Waals surface area contributed by atoms with Crippen LogP contribution in [0.25, 0.3) is 11.4 Å². The molecule has 1 N–H and O–H groups in total. The molecule has 1 aliphatic heterocycles. The molecule has 7 heteroatoms. The molecule has 1 atom stereocenters. The second-order valence-electron chi connectivity index (χ2n) is 6.61. The van der Waals surface area contributed by atoms with Crippen molar-refractivity contribution in [2.45, 2.75) is 25.8 Å². The largest absolute Gasteiger partial charge is 0.337 e. The number of aryl methyl sites for hydroxylation is 1. The van der Waals surface area contributed by atoms with Gasteiger partial charge in [-0.3, -0.25) is 0 Å². The van der Waals surface area contributed by atoms with Crippen LogP contribution in [-0.4, -0.2) is 27.6 Å². The lowest BCUT2D eigenvalue weighted by Gasteiger charge is -2.22. The first-order chi connectivity index (χ1) is 13.1. The van der Waals surface area contributed by atoms with Gasteiger partial charge in [-0.15, -0.1) is 0 Å². The van der Waals surface area contributed by atoms with Crippen LogP contribution >= 0.6 is 11.6 Å². The van der Waals surface area contributed by atoms with E-state index in [2.05, 4.69) is 15.5 Å². The first-order valence-electron chi connectivity index (χ1n) is 8.84. The van der Waals surface area contributed by atoms with E-state index in [-0.39, 0.29) is 12.1 Å². The molecular formula is C20H19ClN4O2. The molecule has 1 aromatic heterocycles. The van der Waals surface area contributed by atoms with Crippen LogP contribution in [0.4, 0.5) is 10.5 Å². The highest BCUT2D eigenvalue weighted by molar-refractivity contribution is 6.30. The highest BCUT2D eigenvalue weighted by atomic mass is 35.5. The third-order valence-corrected chi connectivity index (χ3v) is 4.86. The fourth-order valence-electron chi connectivity index (χ4n) is 3.21. The first kappa shape index (κ1) is 17.5. The van der Waals surface area contributed by atoms with Crippen molar-refractivity contribution in [2.75, 3.05) is 11.9 Å². The van der Waals surface area contributed by atoms with Crippen molar-refractivity contribution in [1.82, 2.24) is 15.0 Å². The minimum absolute atomic E-state index is 0.163. The minimum Gasteiger partial charge on any atom is -0.337 e. The van der Waals surface area contributed by atoms with Crippen molar-refractivity contribution >= 4 is 23.3 Å². The zero-order chi connectivity index (χ0) is 18.8. The molecule has 0 radical (unpaired) electrons. The number of urea groups is 1. The molecule has 3 aromatic rings. The molecule has 0 spiro atoms. The van der Waals surface area contributed by atoms with Gasteiger partial charge >= 0.3 is 6.03 Å². The number of amides is 2. The number of nitrogens with zero attached hydrogens (tertiary/aromatic N) is 3. The summed E-state index contributed by atoms with van der Waals surface area (Å²) < 4.78 is 5.46. The Bertz CT molecular complexity index is 955. The van der Waals surface area contributed by atoms with Crippen LogP contribution in [0.1, 0.15) is 30.3 Å². The van der Waals surface area contributed by atoms with Gasteiger partial charge in [-0.05, 0) is 44.0 Å². The summed E-state index contributed by atoms with van der Waals surface area (Å²) in [6.45, 7) is 2.66. The van der Waals surface area contributed by atoms with E-state index >= 15 is 0 Å². The van der Waals surface area contributed by atoms with Crippen molar-refractivity contribution in [3.8, 4) is 11.4 Å². The lowest BCUT2D eigenvalue weighted by Crippen LogP contribution is -2.34. The molecule has 0 saturated carbocycles. The van der Waals surface area contributed by atoms with E-state index in [1.807, 2.05) is 43.3 Å². The summed E-state index contributed by atoms with van der Waals surface area (Å²) in [6.07, 6.45) is 1.68. The predicted molar refractivity (Wildman–Crippen MR) is 104 cm³/mol. The molecule has 2 amide bonds. The zero-order valence-electron chi connectivity index (χ0n) is 14.9. The topological polar surface area (TPSA) is 71.3 Å². The average molecular weight is 383 g/mol. The van der Waals surface area contributed by atoms with Gasteiger partial charge in [0.05, 0.1) is 0 Å². The smallest absolute Gasteiger partial charge is 0.322 e. The van der Waals surface area contributed by atoms with E-state index in [1.54, 1.807) is 17.0 Å². The SMILES string of the molecule is Cc1ccc(NC(=O)N2CCC[C@H]2c2nc(-c3cccc(Cl)c3)no2)cc1. The maximum Gasteiger partial charge on any atom is 0.322 e. The molecule has 27 heavy (non-hydrogen) atoms. The Morgan fingerprint density at radius 1 is 1.26 bits per heavy atom. The van der Waals surface area contributed by atoms with Crippen LogP contribution < -0.4 is 5.32 Å². The number of likely N-dealkylation sites (tertiary alicyclic amines) is 1. The summed E-state index contributed by atoms with van der Waals surface area (Å²) in [4.78, 5) is 19.0. The quantitative estimate of drug-likeness (QED) is 0.686. The Kier molecular flexibility index (Phi) is 4.81. The maximum absolute atomic E-state index is 12.7. The van der Waals surface area contributed by atoms with Gasteiger partial charge in [-0.25, -0.2) is 4.79 Å². The highest BCUT2D eigenvalue weighted by Crippen LogP contribution is 2.32. The van der Waals surface area contributed by atoms with Crippen molar-refractivity contribution in [3.63, 3.8) is 0 Å². The number of carbonyl (C=O) groups excluding carboxylic acids is 1. The minimum atomic E-state index is -0.226. The molecule has 138 valence electrons. The van der Waals surface area contributed by atoms with E-state index in [9.17, 15) is 4.79 Å². The predicted octanol–water partition coefficient (Wildman–Crippen LogP) is 5.07. The van der Waals surface area contributed by atoms with Gasteiger partial charge in [-0.2, -0.15) is 4.98 Å². The monoisotopic (exact) mass is 382 g/mol. The Morgan fingerprint density at radius 3 is 2.85 bits per heavy atom. The Labute approximate surface area is 162 Å². The highest BCUT2D eigenvalue weighted by Gasteiger charge is 2.34. The molecule has 1 saturated heterocycles. The summed E-state index contributed by atoms with van der Waals surface area (Å²) in [6, 6.07) is 14.6. The Balaban J connectivity index is 1.51. The summed E-state index contributed by atoms with van der Waals surface area (Å²) in [5.74, 6) is 0.917. The zero-order valence-corrected chi connectivity index (χ0v) is 15.6. The number of nitrogens with one attached hydrogen (secondary N) is 1. The van der Waals surface area contributed by atoms with Crippen molar-refractivity contribution in [3.05, 3.63) is 65.0 Å². The van der Waals surface area contributed by atoms with Crippen LogP contribution in [0.15, 0.2) is 53.1 Å². The van der Waals surface area contributed by atoms with Crippen LogP contribution in [0.3, 0.4) is 0 Å². The molecule has 0 unspecified atom stereocenters. The average Bonchev–Trinajstić information content (AvgIpc) is 3.33. The normalized spacial score (nSPS) is 16.5. The molecule has 1 fully saturated rings. The van der Waals surface area contributed by atoms with Crippen molar-refractivity contribution < 1.29 is 9.32 Å². The third kappa shape index (κ3) is 3.80. The summed E-state index contributed by atoms with van der Waals surface area (Å²) in [5, 5.41) is 7.60. The second-order valence-corrected chi connectivity index (χ2v) is 7.05. The first-order valence-corrected chi connectivity index (χ1v) is 9.22. The van der Waals surface area contributed by atoms with E-state index in [1.165, 1.54) is 0 Å². The van der Waals surface area contributed by atoms with E-state index in [0.717, 1.165) is 29.7 Å². The van der Waals surface area contributed by atoms with Gasteiger partial charge in [0.25, 0.3) is 0 Å². The second kappa shape index (κ2) is 7.40. The van der Waals surface area contributed by atoms with Crippen LogP contribution in [0.5, 0.6) is 0 Å². The number of hydrogen-bond donors (Lipinski definition) is 1. The number of aromatic nitrogens is 2. The fraction of sp³-hybridized carbons (Fsp3) is 0.250. The van der Waals surface area contributed by atoms with E-state index in [4.69, 9.17) is 16.1 Å². The lowest BCUT2D eigenvalue weighted by atomic mass is 10.2. The Hall–Kier alpha value is -2.86. The molecule has 2 aromatic carbocycles. The number of hydrogen-bond acceptors (Lipinski definition) is 4. The molecular weight excluding hydrogens is 364 g/mol. The molecule has 0 bridgehead atoms. The molecule has 0 aliphatic carbocycles. The van der Waals surface area contributed by atoms with Gasteiger partial charge in [0.2, 0.25) is 11.7 Å². The number of benzene rings is 2. The van der Waals surface area contributed by atoms with Gasteiger partial charge in [0.15, 0.2) is 0 Å². The maximum atomic E-state index is 12.7. The van der Waals surface area contributed by atoms with Gasteiger partial charge < -0.3 is 14.7 Å². The van der Waals surface area contributed by atoms with Gasteiger partial charge in [0.1, 0.15) is 6.04 Å². The number of rotatable bonds is 3. The third-order valence-electron chi connectivity index (χ3n) is 4.63. The fourth-order valence-corrected chi connectivity index (χ4v) is 3.40. The van der Waals surface area contributed by atoms with Gasteiger partial charge in [0, 0.05) is 22.8 Å². The molecule has 4 rings (SSSR count). The summed E-state index contributed by atoms with van der Waals surface area (Å²) >= 11 is 6.03.